The van der Waals surface area contributed by atoms with Crippen LogP contribution < -0.4 is 9.64 Å². The van der Waals surface area contributed by atoms with E-state index in [-0.39, 0.29) is 32.1 Å². The molecule has 7 heteroatoms. The standard InChI is InChI=1S/C17H21NO6/c1-4-23-16(20)11-6-7-14(22-3)13(8-11)18-10-12(9-15(18)19)17(21)24-5-2/h6-8,12H,4-5,9-10H2,1-3H3/t12-/m1/s1. The van der Waals surface area contributed by atoms with Gasteiger partial charge in [-0.1, -0.05) is 0 Å². The summed E-state index contributed by atoms with van der Waals surface area (Å²) in [6, 6.07) is 4.72. The minimum Gasteiger partial charge on any atom is -0.495 e. The first-order valence-electron chi connectivity index (χ1n) is 7.83. The third kappa shape index (κ3) is 3.67. The van der Waals surface area contributed by atoms with E-state index in [2.05, 4.69) is 0 Å². The van der Waals surface area contributed by atoms with Crippen LogP contribution >= 0.6 is 0 Å². The molecule has 7 nitrogen and oxygen atoms in total. The topological polar surface area (TPSA) is 82.1 Å². The molecule has 0 aliphatic carbocycles. The van der Waals surface area contributed by atoms with Crippen LogP contribution in [0.2, 0.25) is 0 Å². The number of esters is 2. The Balaban J connectivity index is 2.29. The minimum absolute atomic E-state index is 0.0750. The second-order valence-corrected chi connectivity index (χ2v) is 5.26. The summed E-state index contributed by atoms with van der Waals surface area (Å²) in [4.78, 5) is 37.5. The van der Waals surface area contributed by atoms with Gasteiger partial charge in [-0.15, -0.1) is 0 Å². The largest absolute Gasteiger partial charge is 0.495 e. The predicted molar refractivity (Wildman–Crippen MR) is 86.0 cm³/mol. The first-order chi connectivity index (χ1) is 11.5. The molecule has 0 radical (unpaired) electrons. The molecule has 1 fully saturated rings. The number of methoxy groups -OCH3 is 1. The van der Waals surface area contributed by atoms with Gasteiger partial charge in [0.1, 0.15) is 5.75 Å². The van der Waals surface area contributed by atoms with Crippen molar-refractivity contribution in [2.24, 2.45) is 5.92 Å². The Morgan fingerprint density at radius 3 is 2.54 bits per heavy atom. The molecule has 0 unspecified atom stereocenters. The zero-order valence-corrected chi connectivity index (χ0v) is 14.0. The third-order valence-electron chi connectivity index (χ3n) is 3.73. The van der Waals surface area contributed by atoms with Crippen LogP contribution in [0.15, 0.2) is 18.2 Å². The van der Waals surface area contributed by atoms with Crippen LogP contribution in [0.5, 0.6) is 5.75 Å². The van der Waals surface area contributed by atoms with Crippen molar-refractivity contribution in [1.29, 1.82) is 0 Å². The molecule has 1 aliphatic heterocycles. The van der Waals surface area contributed by atoms with Crippen LogP contribution in [0.1, 0.15) is 30.6 Å². The lowest BCUT2D eigenvalue weighted by molar-refractivity contribution is -0.147. The molecule has 1 aromatic rings. The number of carbonyl (C=O) groups excluding carboxylic acids is 3. The van der Waals surface area contributed by atoms with Gasteiger partial charge in [-0.2, -0.15) is 0 Å². The molecule has 24 heavy (non-hydrogen) atoms. The van der Waals surface area contributed by atoms with Crippen molar-refractivity contribution in [3.8, 4) is 5.75 Å². The lowest BCUT2D eigenvalue weighted by Crippen LogP contribution is -2.27. The fraction of sp³-hybridized carbons (Fsp3) is 0.471. The molecular formula is C17H21NO6. The van der Waals surface area contributed by atoms with Gasteiger partial charge in [-0.25, -0.2) is 4.79 Å². The second-order valence-electron chi connectivity index (χ2n) is 5.26. The van der Waals surface area contributed by atoms with Crippen molar-refractivity contribution in [1.82, 2.24) is 0 Å². The normalized spacial score (nSPS) is 16.9. The minimum atomic E-state index is -0.520. The molecule has 1 amide bonds. The van der Waals surface area contributed by atoms with E-state index in [0.29, 0.717) is 17.0 Å². The van der Waals surface area contributed by atoms with E-state index >= 15 is 0 Å². The fourth-order valence-electron chi connectivity index (χ4n) is 2.60. The Labute approximate surface area is 140 Å². The summed E-state index contributed by atoms with van der Waals surface area (Å²) in [5, 5.41) is 0. The van der Waals surface area contributed by atoms with Gasteiger partial charge in [0.25, 0.3) is 0 Å². The highest BCUT2D eigenvalue weighted by Gasteiger charge is 2.37. The summed E-state index contributed by atoms with van der Waals surface area (Å²) in [6.45, 7) is 4.16. The molecule has 0 N–H and O–H groups in total. The number of benzene rings is 1. The van der Waals surface area contributed by atoms with Gasteiger partial charge in [0.15, 0.2) is 0 Å². The Morgan fingerprint density at radius 1 is 1.21 bits per heavy atom. The Hall–Kier alpha value is -2.57. The summed E-state index contributed by atoms with van der Waals surface area (Å²) in [5.41, 5.74) is 0.764. The van der Waals surface area contributed by atoms with Crippen LogP contribution in [0.4, 0.5) is 5.69 Å². The molecule has 130 valence electrons. The SMILES string of the molecule is CCOC(=O)c1ccc(OC)c(N2C[C@H](C(=O)OCC)CC2=O)c1. The highest BCUT2D eigenvalue weighted by Crippen LogP contribution is 2.34. The number of anilines is 1. The molecule has 0 bridgehead atoms. The molecule has 2 rings (SSSR count). The average molecular weight is 335 g/mol. The lowest BCUT2D eigenvalue weighted by atomic mass is 10.1. The molecular weight excluding hydrogens is 314 g/mol. The number of ether oxygens (including phenoxy) is 3. The van der Waals surface area contributed by atoms with Gasteiger partial charge < -0.3 is 19.1 Å². The van der Waals surface area contributed by atoms with Crippen LogP contribution in [-0.4, -0.2) is 44.7 Å². The maximum Gasteiger partial charge on any atom is 0.338 e. The fourth-order valence-corrected chi connectivity index (χ4v) is 2.60. The average Bonchev–Trinajstić information content (AvgIpc) is 2.96. The monoisotopic (exact) mass is 335 g/mol. The first-order valence-corrected chi connectivity index (χ1v) is 7.83. The molecule has 1 atom stereocenters. The summed E-state index contributed by atoms with van der Waals surface area (Å²) in [6.07, 6.45) is 0.0750. The number of rotatable bonds is 6. The maximum atomic E-state index is 12.3. The van der Waals surface area contributed by atoms with Crippen LogP contribution in [0, 0.1) is 5.92 Å². The van der Waals surface area contributed by atoms with Crippen molar-refractivity contribution in [3.63, 3.8) is 0 Å². The number of carbonyl (C=O) groups is 3. The molecule has 1 aromatic carbocycles. The molecule has 1 aliphatic rings. The van der Waals surface area contributed by atoms with Crippen molar-refractivity contribution >= 4 is 23.5 Å². The van der Waals surface area contributed by atoms with E-state index in [1.807, 2.05) is 0 Å². The lowest BCUT2D eigenvalue weighted by Gasteiger charge is -2.20. The highest BCUT2D eigenvalue weighted by atomic mass is 16.5. The maximum absolute atomic E-state index is 12.3. The summed E-state index contributed by atoms with van der Waals surface area (Å²) < 4.78 is 15.2. The molecule has 0 aromatic heterocycles. The number of hydrogen-bond donors (Lipinski definition) is 0. The number of amides is 1. The van der Waals surface area contributed by atoms with Crippen molar-refractivity contribution in [2.45, 2.75) is 20.3 Å². The molecule has 1 saturated heterocycles. The molecule has 0 saturated carbocycles. The Kier molecular flexibility index (Phi) is 5.78. The van der Waals surface area contributed by atoms with E-state index in [0.717, 1.165) is 0 Å². The zero-order chi connectivity index (χ0) is 17.7. The van der Waals surface area contributed by atoms with Crippen molar-refractivity contribution in [2.75, 3.05) is 31.8 Å². The van der Waals surface area contributed by atoms with Crippen molar-refractivity contribution < 1.29 is 28.6 Å². The van der Waals surface area contributed by atoms with E-state index in [1.165, 1.54) is 12.0 Å². The Morgan fingerprint density at radius 2 is 1.92 bits per heavy atom. The Bertz CT molecular complexity index is 642. The van der Waals surface area contributed by atoms with E-state index in [4.69, 9.17) is 14.2 Å². The number of nitrogens with zero attached hydrogens (tertiary/aromatic N) is 1. The van der Waals surface area contributed by atoms with E-state index < -0.39 is 17.9 Å². The predicted octanol–water partition coefficient (Wildman–Crippen LogP) is 1.79. The second kappa shape index (κ2) is 7.81. The van der Waals surface area contributed by atoms with Crippen LogP contribution in [-0.2, 0) is 19.1 Å². The van der Waals surface area contributed by atoms with Gasteiger partial charge in [-0.3, -0.25) is 9.59 Å². The third-order valence-corrected chi connectivity index (χ3v) is 3.73. The molecule has 0 spiro atoms. The summed E-state index contributed by atoms with van der Waals surface area (Å²) in [7, 11) is 1.48. The smallest absolute Gasteiger partial charge is 0.338 e. The van der Waals surface area contributed by atoms with Gasteiger partial charge in [0.05, 0.1) is 37.5 Å². The first kappa shape index (κ1) is 17.8. The highest BCUT2D eigenvalue weighted by molar-refractivity contribution is 6.02. The summed E-state index contributed by atoms with van der Waals surface area (Å²) >= 11 is 0. The van der Waals surface area contributed by atoms with Crippen LogP contribution in [0.25, 0.3) is 0 Å². The molecule has 1 heterocycles. The van der Waals surface area contributed by atoms with Crippen LogP contribution in [0.3, 0.4) is 0 Å². The summed E-state index contributed by atoms with van der Waals surface area (Å²) in [5.74, 6) is -1.16. The van der Waals surface area contributed by atoms with Gasteiger partial charge in [0.2, 0.25) is 5.91 Å². The van der Waals surface area contributed by atoms with E-state index in [9.17, 15) is 14.4 Å². The zero-order valence-electron chi connectivity index (χ0n) is 14.0. The van der Waals surface area contributed by atoms with Gasteiger partial charge in [-0.05, 0) is 32.0 Å². The van der Waals surface area contributed by atoms with Gasteiger partial charge >= 0.3 is 11.9 Å². The van der Waals surface area contributed by atoms with E-state index in [1.54, 1.807) is 32.0 Å². The number of hydrogen-bond acceptors (Lipinski definition) is 6. The quantitative estimate of drug-likeness (QED) is 0.737. The van der Waals surface area contributed by atoms with Gasteiger partial charge in [0, 0.05) is 13.0 Å². The van der Waals surface area contributed by atoms with Crippen molar-refractivity contribution in [3.05, 3.63) is 23.8 Å².